The summed E-state index contributed by atoms with van der Waals surface area (Å²) < 4.78 is 55.3. The van der Waals surface area contributed by atoms with Gasteiger partial charge < -0.3 is 62.1 Å². The highest BCUT2D eigenvalue weighted by Crippen LogP contribution is 2.32. The molecule has 17 heteroatoms. The number of aliphatic hydroxyl groups is 3. The molecule has 0 unspecified atom stereocenters. The van der Waals surface area contributed by atoms with Gasteiger partial charge >= 0.3 is 10.4 Å². The largest absolute Gasteiger partial charge is 0.394 e. The number of hydrogen-bond donors (Lipinski definition) is 10. The minimum absolute atomic E-state index is 0.0421. The van der Waals surface area contributed by atoms with E-state index in [0.29, 0.717) is 25.9 Å². The van der Waals surface area contributed by atoms with Crippen LogP contribution in [0.2, 0.25) is 0 Å². The van der Waals surface area contributed by atoms with E-state index < -0.39 is 65.1 Å². The Morgan fingerprint density at radius 1 is 1.05 bits per heavy atom. The third-order valence-electron chi connectivity index (χ3n) is 6.97. The molecule has 1 aliphatic carbocycles. The molecule has 0 aromatic rings. The van der Waals surface area contributed by atoms with Gasteiger partial charge in [0.1, 0.15) is 30.0 Å². The standard InChI is InChI=1S/C21H43N5O7.H2O4S/c1-4-26-13-7-12(24)16(32-19-11(23)6-5-10(8-22)31-19)14(27)17(13)33-20-15(28)18(25-3)21(2,29)9-30-20;1-5(2,3)4/h10-20,25-29H,4-9,22-24H2,1-3H3;(H2,1,2,3,4)/t10-,11-,12-,13+,14-,15+,16+,17-,18+,19+,20+,21-;/m0./s1. The van der Waals surface area contributed by atoms with Crippen molar-refractivity contribution in [2.24, 2.45) is 17.2 Å². The highest BCUT2D eigenvalue weighted by atomic mass is 32.3. The molecule has 38 heavy (non-hydrogen) atoms. The Hall–Kier alpha value is -0.610. The smallest absolute Gasteiger partial charge is 0.388 e. The second-order valence-electron chi connectivity index (χ2n) is 10.1. The normalized spacial score (nSPS) is 44.2. The average molecular weight is 576 g/mol. The molecule has 0 amide bonds. The minimum Gasteiger partial charge on any atom is -0.388 e. The lowest BCUT2D eigenvalue weighted by molar-refractivity contribution is -0.308. The van der Waals surface area contributed by atoms with E-state index in [1.54, 1.807) is 14.0 Å². The number of rotatable bonds is 8. The fraction of sp³-hybridized carbons (Fsp3) is 1.00. The maximum Gasteiger partial charge on any atom is 0.394 e. The maximum atomic E-state index is 11.3. The van der Waals surface area contributed by atoms with Gasteiger partial charge in [-0.2, -0.15) is 8.42 Å². The second kappa shape index (κ2) is 14.3. The van der Waals surface area contributed by atoms with E-state index in [1.165, 1.54) is 0 Å². The molecule has 3 fully saturated rings. The molecule has 0 aromatic heterocycles. The van der Waals surface area contributed by atoms with Crippen molar-refractivity contribution >= 4 is 10.4 Å². The summed E-state index contributed by atoms with van der Waals surface area (Å²) in [5.41, 5.74) is 17.1. The first-order valence-electron chi connectivity index (χ1n) is 12.6. The van der Waals surface area contributed by atoms with Crippen molar-refractivity contribution < 1.29 is 51.8 Å². The fourth-order valence-corrected chi connectivity index (χ4v) is 5.11. The predicted octanol–water partition coefficient (Wildman–Crippen LogP) is -3.98. The molecule has 0 spiro atoms. The average Bonchev–Trinajstić information content (AvgIpc) is 2.80. The van der Waals surface area contributed by atoms with Crippen molar-refractivity contribution in [3.05, 3.63) is 0 Å². The van der Waals surface area contributed by atoms with E-state index in [1.807, 2.05) is 6.92 Å². The van der Waals surface area contributed by atoms with Crippen LogP contribution < -0.4 is 27.8 Å². The fourth-order valence-electron chi connectivity index (χ4n) is 5.11. The number of aliphatic hydroxyl groups excluding tert-OH is 2. The van der Waals surface area contributed by atoms with Gasteiger partial charge in [-0.15, -0.1) is 0 Å². The molecule has 16 nitrogen and oxygen atoms in total. The molecular weight excluding hydrogens is 530 g/mol. The van der Waals surface area contributed by atoms with Gasteiger partial charge in [-0.25, -0.2) is 0 Å². The molecule has 2 heterocycles. The second-order valence-corrected chi connectivity index (χ2v) is 11.0. The minimum atomic E-state index is -4.67. The van der Waals surface area contributed by atoms with Crippen LogP contribution >= 0.6 is 0 Å². The molecule has 2 saturated heterocycles. The van der Waals surface area contributed by atoms with Gasteiger partial charge in [0.2, 0.25) is 0 Å². The van der Waals surface area contributed by atoms with Crippen LogP contribution in [0.1, 0.15) is 33.1 Å². The molecule has 1 saturated carbocycles. The van der Waals surface area contributed by atoms with Crippen molar-refractivity contribution in [3.8, 4) is 0 Å². The van der Waals surface area contributed by atoms with Crippen LogP contribution in [0.25, 0.3) is 0 Å². The van der Waals surface area contributed by atoms with Gasteiger partial charge in [-0.05, 0) is 39.8 Å². The maximum absolute atomic E-state index is 11.3. The van der Waals surface area contributed by atoms with Gasteiger partial charge in [0.15, 0.2) is 12.6 Å². The zero-order valence-corrected chi connectivity index (χ0v) is 22.7. The zero-order valence-electron chi connectivity index (χ0n) is 21.9. The first-order valence-corrected chi connectivity index (χ1v) is 14.0. The molecule has 0 radical (unpaired) electrons. The Morgan fingerprint density at radius 3 is 2.21 bits per heavy atom. The Balaban J connectivity index is 0.000000926. The van der Waals surface area contributed by atoms with E-state index >= 15 is 0 Å². The summed E-state index contributed by atoms with van der Waals surface area (Å²) in [5, 5.41) is 38.8. The van der Waals surface area contributed by atoms with Crippen LogP contribution in [0, 0.1) is 0 Å². The SMILES string of the molecule is CCN[C@@H]1C[C@H](N)[C@@H](O[C@H]2O[C@H](CN)CC[C@@H]2N)[C@H](O)[C@H]1O[C@H]1OC[C@](C)(O)[C@H](NC)[C@H]1O.O=S(=O)(O)O. The lowest BCUT2D eigenvalue weighted by Crippen LogP contribution is -2.69. The Labute approximate surface area is 223 Å². The molecular formula is C21H45N5O11S. The summed E-state index contributed by atoms with van der Waals surface area (Å²) in [6.07, 6.45) is -3.97. The predicted molar refractivity (Wildman–Crippen MR) is 134 cm³/mol. The summed E-state index contributed by atoms with van der Waals surface area (Å²) in [6.45, 7) is 4.47. The molecule has 3 rings (SSSR count). The first-order chi connectivity index (χ1) is 17.6. The van der Waals surface area contributed by atoms with E-state index in [4.69, 9.17) is 53.7 Å². The Bertz CT molecular complexity index is 817. The van der Waals surface area contributed by atoms with Gasteiger partial charge in [-0.1, -0.05) is 6.92 Å². The third kappa shape index (κ3) is 9.22. The summed E-state index contributed by atoms with van der Waals surface area (Å²) in [4.78, 5) is 0. The molecule has 3 aliphatic rings. The zero-order chi connectivity index (χ0) is 28.8. The van der Waals surface area contributed by atoms with Crippen molar-refractivity contribution in [1.29, 1.82) is 0 Å². The van der Waals surface area contributed by atoms with Gasteiger partial charge in [0, 0.05) is 18.6 Å². The topological polar surface area (TPSA) is 274 Å². The van der Waals surface area contributed by atoms with Gasteiger partial charge in [0.25, 0.3) is 0 Å². The van der Waals surface area contributed by atoms with Gasteiger partial charge in [0.05, 0.1) is 24.8 Å². The molecule has 13 N–H and O–H groups in total. The lowest BCUT2D eigenvalue weighted by atomic mass is 9.83. The van der Waals surface area contributed by atoms with Crippen LogP contribution in [0.15, 0.2) is 0 Å². The van der Waals surface area contributed by atoms with Crippen LogP contribution in [-0.2, 0) is 29.3 Å². The monoisotopic (exact) mass is 575 g/mol. The summed E-state index contributed by atoms with van der Waals surface area (Å²) >= 11 is 0. The van der Waals surface area contributed by atoms with Crippen LogP contribution in [0.5, 0.6) is 0 Å². The Morgan fingerprint density at radius 2 is 1.66 bits per heavy atom. The van der Waals surface area contributed by atoms with Crippen LogP contribution in [0.4, 0.5) is 0 Å². The van der Waals surface area contributed by atoms with E-state index in [-0.39, 0.29) is 24.8 Å². The number of nitrogens with two attached hydrogens (primary N) is 3. The van der Waals surface area contributed by atoms with Crippen molar-refractivity contribution in [2.75, 3.05) is 26.7 Å². The number of ether oxygens (including phenoxy) is 4. The van der Waals surface area contributed by atoms with Crippen molar-refractivity contribution in [2.45, 2.75) is 106 Å². The summed E-state index contributed by atoms with van der Waals surface area (Å²) in [6, 6.07) is -1.84. The van der Waals surface area contributed by atoms with Crippen molar-refractivity contribution in [3.63, 3.8) is 0 Å². The number of hydrogen-bond acceptors (Lipinski definition) is 14. The molecule has 2 aliphatic heterocycles. The molecule has 12 atom stereocenters. The number of likely N-dealkylation sites (N-methyl/N-ethyl adjacent to an activating group) is 2. The highest BCUT2D eigenvalue weighted by Gasteiger charge is 2.51. The lowest BCUT2D eigenvalue weighted by Gasteiger charge is -2.49. The molecule has 0 bridgehead atoms. The molecule has 226 valence electrons. The van der Waals surface area contributed by atoms with Crippen molar-refractivity contribution in [1.82, 2.24) is 10.6 Å². The van der Waals surface area contributed by atoms with E-state index in [0.717, 1.165) is 6.42 Å². The molecule has 0 aromatic carbocycles. The van der Waals surface area contributed by atoms with E-state index in [2.05, 4.69) is 10.6 Å². The highest BCUT2D eigenvalue weighted by molar-refractivity contribution is 7.79. The summed E-state index contributed by atoms with van der Waals surface area (Å²) in [7, 11) is -3.02. The third-order valence-corrected chi connectivity index (χ3v) is 6.97. The quantitative estimate of drug-likeness (QED) is 0.124. The van der Waals surface area contributed by atoms with Crippen LogP contribution in [-0.4, -0.2) is 132 Å². The number of nitrogens with one attached hydrogen (secondary N) is 2. The summed E-state index contributed by atoms with van der Waals surface area (Å²) in [5.74, 6) is 0. The first kappa shape index (κ1) is 33.6. The van der Waals surface area contributed by atoms with E-state index in [9.17, 15) is 15.3 Å². The van der Waals surface area contributed by atoms with Crippen LogP contribution in [0.3, 0.4) is 0 Å². The van der Waals surface area contributed by atoms with Gasteiger partial charge in [-0.3, -0.25) is 9.11 Å². The Kier molecular flexibility index (Phi) is 12.7.